The monoisotopic (exact) mass is 480 g/mol. The Labute approximate surface area is 178 Å². The van der Waals surface area contributed by atoms with Gasteiger partial charge in [-0.25, -0.2) is 22.5 Å². The Morgan fingerprint density at radius 2 is 2.03 bits per heavy atom. The summed E-state index contributed by atoms with van der Waals surface area (Å²) in [6.07, 6.45) is 1.06. The van der Waals surface area contributed by atoms with Gasteiger partial charge in [0, 0.05) is 0 Å². The molecule has 2 aromatic rings. The summed E-state index contributed by atoms with van der Waals surface area (Å²) in [6, 6.07) is 4.92. The predicted octanol–water partition coefficient (Wildman–Crippen LogP) is 3.20. The molecule has 1 aromatic heterocycles. The van der Waals surface area contributed by atoms with Crippen molar-refractivity contribution in [2.24, 2.45) is 0 Å². The molecule has 31 heavy (non-hydrogen) atoms. The van der Waals surface area contributed by atoms with Crippen molar-refractivity contribution in [3.05, 3.63) is 52.6 Å². The molecule has 14 heteroatoms. The minimum atomic E-state index is -5.56. The van der Waals surface area contributed by atoms with Crippen LogP contribution in [0.15, 0.2) is 30.5 Å². The summed E-state index contributed by atoms with van der Waals surface area (Å²) in [5.41, 5.74) is -5.91. The van der Waals surface area contributed by atoms with Crippen LogP contribution < -0.4 is 14.8 Å². The van der Waals surface area contributed by atoms with Gasteiger partial charge in [-0.15, -0.1) is 0 Å². The smallest absolute Gasteiger partial charge is 0.490 e. The normalized spacial score (nSPS) is 12.7. The van der Waals surface area contributed by atoms with Crippen molar-refractivity contribution in [3.63, 3.8) is 0 Å². The molecule has 1 amide bonds. The van der Waals surface area contributed by atoms with E-state index in [9.17, 15) is 30.8 Å². The number of anilines is 1. The van der Waals surface area contributed by atoms with E-state index in [2.05, 4.69) is 10.3 Å². The van der Waals surface area contributed by atoms with E-state index in [4.69, 9.17) is 21.6 Å². The highest BCUT2D eigenvalue weighted by atomic mass is 35.5. The first-order valence-corrected chi connectivity index (χ1v) is 10.1. The number of nitrogens with one attached hydrogen (secondary N) is 2. The van der Waals surface area contributed by atoms with E-state index in [1.165, 1.54) is 16.9 Å². The van der Waals surface area contributed by atoms with Crippen molar-refractivity contribution in [2.75, 3.05) is 11.9 Å². The van der Waals surface area contributed by atoms with Crippen molar-refractivity contribution < 1.29 is 35.5 Å². The highest BCUT2D eigenvalue weighted by molar-refractivity contribution is 7.90. The SMILES string of the molecule is C[C@@H](COc1cnc(Cl)c(C(=O)Nc2ccc(C#N)cc2F)c1)NS(=O)(=O)C(F)(F)F. The molecule has 0 aliphatic rings. The summed E-state index contributed by atoms with van der Waals surface area (Å²) in [6.45, 7) is 0.609. The third kappa shape index (κ3) is 6.27. The van der Waals surface area contributed by atoms with Gasteiger partial charge in [-0.05, 0) is 31.2 Å². The fourth-order valence-corrected chi connectivity index (χ4v) is 3.05. The van der Waals surface area contributed by atoms with Crippen molar-refractivity contribution in [2.45, 2.75) is 18.5 Å². The van der Waals surface area contributed by atoms with Crippen LogP contribution in [0.1, 0.15) is 22.8 Å². The number of ether oxygens (including phenoxy) is 1. The lowest BCUT2D eigenvalue weighted by Crippen LogP contribution is -2.43. The van der Waals surface area contributed by atoms with Crippen LogP contribution in [-0.2, 0) is 10.0 Å². The number of amides is 1. The number of hydrogen-bond acceptors (Lipinski definition) is 6. The number of nitriles is 1. The van der Waals surface area contributed by atoms with Crippen molar-refractivity contribution in [3.8, 4) is 11.8 Å². The quantitative estimate of drug-likeness (QED) is 0.463. The van der Waals surface area contributed by atoms with Gasteiger partial charge in [-0.1, -0.05) is 11.6 Å². The molecule has 0 aliphatic heterocycles. The number of rotatable bonds is 7. The number of carbonyl (C=O) groups is 1. The second kappa shape index (κ2) is 9.46. The number of aromatic nitrogens is 1. The fraction of sp³-hybridized carbons (Fsp3) is 0.235. The Kier molecular flexibility index (Phi) is 7.42. The van der Waals surface area contributed by atoms with Crippen LogP contribution in [0, 0.1) is 17.1 Å². The van der Waals surface area contributed by atoms with Crippen LogP contribution in [0.3, 0.4) is 0 Å². The zero-order chi connectivity index (χ0) is 23.4. The van der Waals surface area contributed by atoms with Crippen LogP contribution in [0.25, 0.3) is 0 Å². The molecule has 0 saturated carbocycles. The predicted molar refractivity (Wildman–Crippen MR) is 101 cm³/mol. The molecule has 0 spiro atoms. The maximum Gasteiger partial charge on any atom is 0.511 e. The molecule has 0 fully saturated rings. The number of nitrogens with zero attached hydrogens (tertiary/aromatic N) is 2. The molecule has 0 saturated heterocycles. The van der Waals surface area contributed by atoms with Crippen molar-refractivity contribution in [1.82, 2.24) is 9.71 Å². The summed E-state index contributed by atoms with van der Waals surface area (Å²) >= 11 is 5.86. The Morgan fingerprint density at radius 3 is 2.61 bits per heavy atom. The molecule has 0 unspecified atom stereocenters. The van der Waals surface area contributed by atoms with Gasteiger partial charge >= 0.3 is 15.5 Å². The highest BCUT2D eigenvalue weighted by Crippen LogP contribution is 2.24. The molecule has 1 aromatic carbocycles. The Morgan fingerprint density at radius 1 is 1.35 bits per heavy atom. The second-order valence-electron chi connectivity index (χ2n) is 6.05. The molecule has 2 N–H and O–H groups in total. The third-order valence-electron chi connectivity index (χ3n) is 3.57. The number of pyridine rings is 1. The molecular weight excluding hydrogens is 468 g/mol. The lowest BCUT2D eigenvalue weighted by Gasteiger charge is -2.16. The van der Waals surface area contributed by atoms with Crippen molar-refractivity contribution >= 4 is 33.2 Å². The Balaban J connectivity index is 2.10. The topological polar surface area (TPSA) is 121 Å². The van der Waals surface area contributed by atoms with E-state index in [-0.39, 0.29) is 27.7 Å². The van der Waals surface area contributed by atoms with Crippen LogP contribution in [0.4, 0.5) is 23.2 Å². The van der Waals surface area contributed by atoms with E-state index in [0.717, 1.165) is 25.3 Å². The molecule has 0 radical (unpaired) electrons. The average molecular weight is 481 g/mol. The molecule has 1 atom stereocenters. The summed E-state index contributed by atoms with van der Waals surface area (Å²) in [5, 5.41) is 10.7. The summed E-state index contributed by atoms with van der Waals surface area (Å²) in [4.78, 5) is 16.1. The first-order chi connectivity index (χ1) is 14.3. The number of hydrogen-bond donors (Lipinski definition) is 2. The van der Waals surface area contributed by atoms with Crippen molar-refractivity contribution in [1.29, 1.82) is 5.26 Å². The van der Waals surface area contributed by atoms with E-state index in [1.54, 1.807) is 6.07 Å². The van der Waals surface area contributed by atoms with Crippen LogP contribution in [-0.4, -0.2) is 37.5 Å². The zero-order valence-electron chi connectivity index (χ0n) is 15.5. The number of alkyl halides is 3. The standard InChI is InChI=1S/C17H13ClF4N4O4S/c1-9(26-31(28,29)17(20,21)22)8-30-11-5-12(15(18)24-7-11)16(27)25-14-3-2-10(6-23)4-13(14)19/h2-5,7,9,26H,8H2,1H3,(H,25,27)/t9-/m0/s1. The summed E-state index contributed by atoms with van der Waals surface area (Å²) < 4.78 is 79.8. The first-order valence-electron chi connectivity index (χ1n) is 8.22. The summed E-state index contributed by atoms with van der Waals surface area (Å²) in [7, 11) is -5.56. The molecule has 8 nitrogen and oxygen atoms in total. The highest BCUT2D eigenvalue weighted by Gasteiger charge is 2.46. The lowest BCUT2D eigenvalue weighted by atomic mass is 10.2. The van der Waals surface area contributed by atoms with Gasteiger partial charge in [0.15, 0.2) is 0 Å². The Bertz CT molecular complexity index is 1140. The van der Waals surface area contributed by atoms with Gasteiger partial charge in [0.1, 0.15) is 23.3 Å². The molecule has 0 bridgehead atoms. The average Bonchev–Trinajstić information content (AvgIpc) is 2.67. The van der Waals surface area contributed by atoms with Crippen LogP contribution in [0.5, 0.6) is 5.75 Å². The third-order valence-corrected chi connectivity index (χ3v) is 5.19. The second-order valence-corrected chi connectivity index (χ2v) is 8.11. The van der Waals surface area contributed by atoms with E-state index in [1.807, 2.05) is 0 Å². The van der Waals surface area contributed by atoms with Gasteiger partial charge in [-0.3, -0.25) is 4.79 Å². The number of halogens is 5. The van der Waals surface area contributed by atoms with Gasteiger partial charge in [0.2, 0.25) is 0 Å². The Hall–Kier alpha value is -2.95. The molecule has 166 valence electrons. The molecular formula is C17H13ClF4N4O4S. The van der Waals surface area contributed by atoms with E-state index >= 15 is 0 Å². The van der Waals surface area contributed by atoms with Gasteiger partial charge in [0.05, 0.1) is 35.1 Å². The summed E-state index contributed by atoms with van der Waals surface area (Å²) in [5.74, 6) is -1.85. The van der Waals surface area contributed by atoms with Gasteiger partial charge in [-0.2, -0.15) is 18.4 Å². The van der Waals surface area contributed by atoms with Gasteiger partial charge < -0.3 is 10.1 Å². The molecule has 0 aliphatic carbocycles. The molecule has 2 rings (SSSR count). The number of benzene rings is 1. The maximum atomic E-state index is 13.9. The fourth-order valence-electron chi connectivity index (χ4n) is 2.13. The molecule has 1 heterocycles. The van der Waals surface area contributed by atoms with Crippen LogP contribution in [0.2, 0.25) is 5.15 Å². The zero-order valence-corrected chi connectivity index (χ0v) is 17.1. The minimum Gasteiger partial charge on any atom is -0.490 e. The van der Waals surface area contributed by atoms with Crippen LogP contribution >= 0.6 is 11.6 Å². The number of sulfonamides is 1. The number of carbonyl (C=O) groups excluding carboxylic acids is 1. The lowest BCUT2D eigenvalue weighted by molar-refractivity contribution is -0.0451. The van der Waals surface area contributed by atoms with E-state index < -0.39 is 39.9 Å². The van der Waals surface area contributed by atoms with E-state index in [0.29, 0.717) is 0 Å². The maximum absolute atomic E-state index is 13.9. The minimum absolute atomic E-state index is 0.0425. The van der Waals surface area contributed by atoms with Gasteiger partial charge in [0.25, 0.3) is 5.91 Å². The first kappa shape index (κ1) is 24.3. The largest absolute Gasteiger partial charge is 0.511 e.